The molecule has 0 spiro atoms. The van der Waals surface area contributed by atoms with Crippen LogP contribution >= 0.6 is 12.2 Å². The Morgan fingerprint density at radius 2 is 2.18 bits per heavy atom. The third-order valence-corrected chi connectivity index (χ3v) is 2.04. The number of nitrogens with one attached hydrogen (secondary N) is 2. The third-order valence-electron chi connectivity index (χ3n) is 1.84. The molecule has 0 aliphatic heterocycles. The zero-order valence-electron chi connectivity index (χ0n) is 6.64. The largest absolute Gasteiger partial charge is 0.493 e. The van der Waals surface area contributed by atoms with Crippen LogP contribution in [0.1, 0.15) is 31.9 Å². The Morgan fingerprint density at radius 3 is 2.55 bits per heavy atom. The zero-order valence-corrected chi connectivity index (χ0v) is 7.46. The van der Waals surface area contributed by atoms with Gasteiger partial charge in [0.15, 0.2) is 4.77 Å². The second kappa shape index (κ2) is 3.09. The summed E-state index contributed by atoms with van der Waals surface area (Å²) in [6.07, 6.45) is 0.983. The first-order valence-electron chi connectivity index (χ1n) is 3.66. The molecule has 1 atom stereocenters. The average molecular weight is 172 g/mol. The summed E-state index contributed by atoms with van der Waals surface area (Å²) in [7, 11) is 0. The molecule has 62 valence electrons. The van der Waals surface area contributed by atoms with Crippen molar-refractivity contribution in [2.45, 2.75) is 26.2 Å². The van der Waals surface area contributed by atoms with Crippen LogP contribution < -0.4 is 0 Å². The summed E-state index contributed by atoms with van der Waals surface area (Å²) in [6, 6.07) is 0. The van der Waals surface area contributed by atoms with Crippen LogP contribution in [-0.4, -0.2) is 15.1 Å². The summed E-state index contributed by atoms with van der Waals surface area (Å²) >= 11 is 4.82. The number of aromatic amines is 2. The Labute approximate surface area is 70.5 Å². The molecule has 0 aromatic carbocycles. The van der Waals surface area contributed by atoms with E-state index in [4.69, 9.17) is 12.2 Å². The molecule has 11 heavy (non-hydrogen) atoms. The molecule has 0 fully saturated rings. The van der Waals surface area contributed by atoms with Crippen LogP contribution in [0.4, 0.5) is 0 Å². The highest BCUT2D eigenvalue weighted by molar-refractivity contribution is 7.71. The highest BCUT2D eigenvalue weighted by Crippen LogP contribution is 2.23. The van der Waals surface area contributed by atoms with E-state index in [0.29, 0.717) is 10.7 Å². The Hall–Kier alpha value is -0.770. The average Bonchev–Trinajstić information content (AvgIpc) is 2.28. The maximum Gasteiger partial charge on any atom is 0.210 e. The van der Waals surface area contributed by atoms with Crippen molar-refractivity contribution in [2.24, 2.45) is 0 Å². The van der Waals surface area contributed by atoms with Gasteiger partial charge in [0.1, 0.15) is 0 Å². The quantitative estimate of drug-likeness (QED) is 0.599. The van der Waals surface area contributed by atoms with Crippen molar-refractivity contribution in [2.75, 3.05) is 0 Å². The highest BCUT2D eigenvalue weighted by Gasteiger charge is 2.09. The van der Waals surface area contributed by atoms with Gasteiger partial charge in [-0.1, -0.05) is 13.8 Å². The van der Waals surface area contributed by atoms with Crippen molar-refractivity contribution in [3.8, 4) is 5.88 Å². The van der Waals surface area contributed by atoms with Crippen LogP contribution in [0.3, 0.4) is 0 Å². The van der Waals surface area contributed by atoms with Gasteiger partial charge in [-0.15, -0.1) is 0 Å². The van der Waals surface area contributed by atoms with Crippen molar-refractivity contribution >= 4 is 12.2 Å². The number of H-pyrrole nitrogens is 2. The Bertz CT molecular complexity index is 289. The molecular formula is C7H12N2OS. The number of hydrogen-bond donors (Lipinski definition) is 3. The summed E-state index contributed by atoms with van der Waals surface area (Å²) in [5.74, 6) is 0.493. The van der Waals surface area contributed by atoms with Crippen molar-refractivity contribution in [1.29, 1.82) is 0 Å². The Kier molecular flexibility index (Phi) is 2.34. The maximum atomic E-state index is 9.28. The van der Waals surface area contributed by atoms with Gasteiger partial charge in [0, 0.05) is 5.92 Å². The number of rotatable bonds is 2. The first kappa shape index (κ1) is 8.33. The van der Waals surface area contributed by atoms with Gasteiger partial charge in [-0.05, 0) is 18.6 Å². The molecule has 3 nitrogen and oxygen atoms in total. The van der Waals surface area contributed by atoms with Gasteiger partial charge in [-0.3, -0.25) is 0 Å². The first-order chi connectivity index (χ1) is 5.15. The molecule has 3 N–H and O–H groups in total. The Morgan fingerprint density at radius 1 is 1.55 bits per heavy atom. The predicted molar refractivity (Wildman–Crippen MR) is 46.3 cm³/mol. The monoisotopic (exact) mass is 172 g/mol. The standard InChI is InChI=1S/C7H12N2OS/c1-3-4(2)5-6(10)9-7(11)8-5/h4,10H,3H2,1-2H3,(H2,8,9,11). The van der Waals surface area contributed by atoms with Gasteiger partial charge >= 0.3 is 0 Å². The minimum Gasteiger partial charge on any atom is -0.493 e. The number of aromatic hydroxyl groups is 1. The van der Waals surface area contributed by atoms with Crippen molar-refractivity contribution in [3.63, 3.8) is 0 Å². The van der Waals surface area contributed by atoms with Crippen molar-refractivity contribution < 1.29 is 5.11 Å². The van der Waals surface area contributed by atoms with Gasteiger partial charge in [-0.2, -0.15) is 0 Å². The molecule has 1 aromatic rings. The second-order valence-corrected chi connectivity index (χ2v) is 3.06. The summed E-state index contributed by atoms with van der Waals surface area (Å²) in [6.45, 7) is 4.10. The van der Waals surface area contributed by atoms with Crippen molar-refractivity contribution in [1.82, 2.24) is 9.97 Å². The fourth-order valence-corrected chi connectivity index (χ4v) is 1.15. The van der Waals surface area contributed by atoms with E-state index in [1.807, 2.05) is 6.92 Å². The summed E-state index contributed by atoms with van der Waals surface area (Å²) in [5.41, 5.74) is 0.803. The molecule has 1 rings (SSSR count). The van der Waals surface area contributed by atoms with Crippen LogP contribution in [0.15, 0.2) is 0 Å². The molecular weight excluding hydrogens is 160 g/mol. The van der Waals surface area contributed by atoms with E-state index >= 15 is 0 Å². The predicted octanol–water partition coefficient (Wildman–Crippen LogP) is 2.29. The third kappa shape index (κ3) is 1.63. The fraction of sp³-hybridized carbons (Fsp3) is 0.571. The number of hydrogen-bond acceptors (Lipinski definition) is 2. The van der Waals surface area contributed by atoms with Crippen LogP contribution in [0.5, 0.6) is 5.88 Å². The number of imidazole rings is 1. The van der Waals surface area contributed by atoms with Gasteiger partial charge < -0.3 is 15.1 Å². The minimum atomic E-state index is 0.171. The molecule has 0 saturated heterocycles. The lowest BCUT2D eigenvalue weighted by atomic mass is 10.1. The van der Waals surface area contributed by atoms with Crippen LogP contribution in [-0.2, 0) is 0 Å². The topological polar surface area (TPSA) is 51.8 Å². The number of aromatic nitrogens is 2. The maximum absolute atomic E-state index is 9.28. The first-order valence-corrected chi connectivity index (χ1v) is 4.07. The molecule has 1 heterocycles. The molecule has 4 heteroatoms. The van der Waals surface area contributed by atoms with Crippen LogP contribution in [0.2, 0.25) is 0 Å². The van der Waals surface area contributed by atoms with Crippen molar-refractivity contribution in [3.05, 3.63) is 10.5 Å². The molecule has 1 unspecified atom stereocenters. The van der Waals surface area contributed by atoms with E-state index in [9.17, 15) is 5.11 Å². The highest BCUT2D eigenvalue weighted by atomic mass is 32.1. The van der Waals surface area contributed by atoms with Crippen LogP contribution in [0, 0.1) is 4.77 Å². The van der Waals surface area contributed by atoms with Gasteiger partial charge in [-0.25, -0.2) is 0 Å². The van der Waals surface area contributed by atoms with E-state index in [1.165, 1.54) is 0 Å². The van der Waals surface area contributed by atoms with E-state index in [0.717, 1.165) is 12.1 Å². The lowest BCUT2D eigenvalue weighted by Gasteiger charge is -2.04. The van der Waals surface area contributed by atoms with Gasteiger partial charge in [0.2, 0.25) is 5.88 Å². The molecule has 0 amide bonds. The lowest BCUT2D eigenvalue weighted by Crippen LogP contribution is -1.91. The van der Waals surface area contributed by atoms with E-state index < -0.39 is 0 Å². The summed E-state index contributed by atoms with van der Waals surface area (Å²) in [4.78, 5) is 5.54. The molecule has 1 aromatic heterocycles. The molecule has 0 bridgehead atoms. The normalized spacial score (nSPS) is 13.3. The Balaban J connectivity index is 3.02. The van der Waals surface area contributed by atoms with Gasteiger partial charge in [0.05, 0.1) is 5.69 Å². The minimum absolute atomic E-state index is 0.171. The van der Waals surface area contributed by atoms with Gasteiger partial charge in [0.25, 0.3) is 0 Å². The van der Waals surface area contributed by atoms with E-state index in [2.05, 4.69) is 16.9 Å². The van der Waals surface area contributed by atoms with E-state index in [-0.39, 0.29) is 5.88 Å². The summed E-state index contributed by atoms with van der Waals surface area (Å²) < 4.78 is 0.484. The molecule has 0 radical (unpaired) electrons. The van der Waals surface area contributed by atoms with E-state index in [1.54, 1.807) is 0 Å². The van der Waals surface area contributed by atoms with Crippen LogP contribution in [0.25, 0.3) is 0 Å². The molecule has 0 saturated carbocycles. The summed E-state index contributed by atoms with van der Waals surface area (Å²) in [5, 5.41) is 9.28. The molecule has 0 aliphatic rings. The SMILES string of the molecule is CCC(C)c1[nH]c(=S)[nH]c1O. The fourth-order valence-electron chi connectivity index (χ4n) is 0.948. The zero-order chi connectivity index (χ0) is 8.43. The molecule has 0 aliphatic carbocycles. The second-order valence-electron chi connectivity index (χ2n) is 2.65. The smallest absolute Gasteiger partial charge is 0.210 e. The lowest BCUT2D eigenvalue weighted by molar-refractivity contribution is 0.443.